The van der Waals surface area contributed by atoms with Gasteiger partial charge in [-0.05, 0) is 26.0 Å². The van der Waals surface area contributed by atoms with E-state index in [9.17, 15) is 4.79 Å². The van der Waals surface area contributed by atoms with Crippen molar-refractivity contribution < 1.29 is 4.79 Å². The van der Waals surface area contributed by atoms with Crippen LogP contribution < -0.4 is 10.6 Å². The maximum Gasteiger partial charge on any atom is 0.257 e. The highest BCUT2D eigenvalue weighted by Crippen LogP contribution is 2.17. The molecule has 20 heavy (non-hydrogen) atoms. The number of carbonyl (C=O) groups is 1. The van der Waals surface area contributed by atoms with E-state index >= 15 is 0 Å². The molecule has 0 atom stereocenters. The van der Waals surface area contributed by atoms with Crippen LogP contribution in [0.2, 0.25) is 5.15 Å². The van der Waals surface area contributed by atoms with Gasteiger partial charge in [-0.1, -0.05) is 11.6 Å². The summed E-state index contributed by atoms with van der Waals surface area (Å²) in [4.78, 5) is 16.3. The average molecular weight is 294 g/mol. The summed E-state index contributed by atoms with van der Waals surface area (Å²) in [5, 5.41) is 10.1. The summed E-state index contributed by atoms with van der Waals surface area (Å²) in [6.07, 6.45) is 1.65. The fraction of sp³-hybridized carbons (Fsp3) is 0.308. The third kappa shape index (κ3) is 3.08. The van der Waals surface area contributed by atoms with Gasteiger partial charge in [0.1, 0.15) is 16.8 Å². The monoisotopic (exact) mass is 293 g/mol. The Hall–Kier alpha value is -2.08. The van der Waals surface area contributed by atoms with Crippen molar-refractivity contribution >= 4 is 29.1 Å². The van der Waals surface area contributed by atoms with E-state index in [-0.39, 0.29) is 17.1 Å². The topological polar surface area (TPSA) is 71.8 Å². The van der Waals surface area contributed by atoms with Crippen LogP contribution in [0.3, 0.4) is 0 Å². The molecule has 0 aliphatic rings. The minimum Gasteiger partial charge on any atom is -0.373 e. The SMILES string of the molecule is CNc1cc(C(=O)Nc2ccnn2C(C)C)cc(Cl)n1. The Bertz CT molecular complexity index is 623. The normalized spacial score (nSPS) is 10.7. The van der Waals surface area contributed by atoms with Crippen LogP contribution in [0, 0.1) is 0 Å². The smallest absolute Gasteiger partial charge is 0.257 e. The quantitative estimate of drug-likeness (QED) is 0.850. The molecule has 0 aliphatic carbocycles. The molecule has 0 spiro atoms. The lowest BCUT2D eigenvalue weighted by Gasteiger charge is -2.12. The van der Waals surface area contributed by atoms with Crippen molar-refractivity contribution in [2.24, 2.45) is 0 Å². The molecule has 2 heterocycles. The number of rotatable bonds is 4. The molecular weight excluding hydrogens is 278 g/mol. The molecule has 2 N–H and O–H groups in total. The van der Waals surface area contributed by atoms with Gasteiger partial charge >= 0.3 is 0 Å². The van der Waals surface area contributed by atoms with Crippen LogP contribution in [0.1, 0.15) is 30.2 Å². The lowest BCUT2D eigenvalue weighted by Crippen LogP contribution is -2.17. The molecule has 7 heteroatoms. The Morgan fingerprint density at radius 3 is 2.80 bits per heavy atom. The summed E-state index contributed by atoms with van der Waals surface area (Å²) in [5.41, 5.74) is 0.436. The van der Waals surface area contributed by atoms with Gasteiger partial charge in [0, 0.05) is 24.7 Å². The predicted molar refractivity (Wildman–Crippen MR) is 79.4 cm³/mol. The summed E-state index contributed by atoms with van der Waals surface area (Å²) in [5.74, 6) is 0.928. The van der Waals surface area contributed by atoms with Gasteiger partial charge in [-0.15, -0.1) is 0 Å². The van der Waals surface area contributed by atoms with E-state index in [1.165, 1.54) is 6.07 Å². The molecule has 0 saturated carbocycles. The van der Waals surface area contributed by atoms with Gasteiger partial charge in [-0.25, -0.2) is 9.67 Å². The van der Waals surface area contributed by atoms with Crippen molar-refractivity contribution in [1.82, 2.24) is 14.8 Å². The van der Waals surface area contributed by atoms with Crippen molar-refractivity contribution in [3.8, 4) is 0 Å². The maximum atomic E-state index is 12.2. The van der Waals surface area contributed by atoms with Crippen LogP contribution >= 0.6 is 11.6 Å². The number of amides is 1. The van der Waals surface area contributed by atoms with Gasteiger partial charge in [0.05, 0.1) is 6.20 Å². The minimum absolute atomic E-state index is 0.161. The second kappa shape index (κ2) is 5.92. The Morgan fingerprint density at radius 1 is 1.40 bits per heavy atom. The highest BCUT2D eigenvalue weighted by Gasteiger charge is 2.13. The largest absolute Gasteiger partial charge is 0.373 e. The molecule has 0 bridgehead atoms. The maximum absolute atomic E-state index is 12.2. The third-order valence-corrected chi connectivity index (χ3v) is 2.91. The van der Waals surface area contributed by atoms with E-state index < -0.39 is 0 Å². The fourth-order valence-electron chi connectivity index (χ4n) is 1.77. The van der Waals surface area contributed by atoms with Crippen molar-refractivity contribution in [2.45, 2.75) is 19.9 Å². The van der Waals surface area contributed by atoms with Gasteiger partial charge in [0.2, 0.25) is 0 Å². The second-order valence-corrected chi connectivity index (χ2v) is 4.91. The van der Waals surface area contributed by atoms with Crippen LogP contribution in [-0.4, -0.2) is 27.7 Å². The summed E-state index contributed by atoms with van der Waals surface area (Å²) in [6, 6.07) is 5.07. The Morgan fingerprint density at radius 2 is 2.15 bits per heavy atom. The van der Waals surface area contributed by atoms with E-state index in [0.717, 1.165) is 0 Å². The number of hydrogen-bond acceptors (Lipinski definition) is 4. The molecule has 0 radical (unpaired) electrons. The summed E-state index contributed by atoms with van der Waals surface area (Å²) >= 11 is 5.89. The summed E-state index contributed by atoms with van der Waals surface area (Å²) < 4.78 is 1.74. The Labute approximate surface area is 122 Å². The van der Waals surface area contributed by atoms with Crippen LogP contribution in [0.25, 0.3) is 0 Å². The summed E-state index contributed by atoms with van der Waals surface area (Å²) in [7, 11) is 1.72. The van der Waals surface area contributed by atoms with Gasteiger partial charge in [0.15, 0.2) is 0 Å². The van der Waals surface area contributed by atoms with Gasteiger partial charge in [0.25, 0.3) is 5.91 Å². The molecule has 2 aromatic heterocycles. The van der Waals surface area contributed by atoms with E-state index in [2.05, 4.69) is 20.7 Å². The zero-order valence-electron chi connectivity index (χ0n) is 11.5. The number of anilines is 2. The van der Waals surface area contributed by atoms with E-state index in [1.807, 2.05) is 13.8 Å². The van der Waals surface area contributed by atoms with E-state index in [1.54, 1.807) is 30.1 Å². The molecule has 0 unspecified atom stereocenters. The minimum atomic E-state index is -0.256. The number of pyridine rings is 1. The Balaban J connectivity index is 2.24. The molecule has 0 aliphatic heterocycles. The average Bonchev–Trinajstić information content (AvgIpc) is 2.86. The van der Waals surface area contributed by atoms with Crippen LogP contribution in [0.4, 0.5) is 11.6 Å². The highest BCUT2D eigenvalue weighted by atomic mass is 35.5. The standard InChI is InChI=1S/C13H16ClN5O/c1-8(2)19-12(4-5-16-19)18-13(20)9-6-10(14)17-11(7-9)15-3/h4-8H,1-3H3,(H,15,17)(H,18,20). The molecule has 2 rings (SSSR count). The first kappa shape index (κ1) is 14.3. The van der Waals surface area contributed by atoms with Gasteiger partial charge in [-0.3, -0.25) is 4.79 Å². The van der Waals surface area contributed by atoms with Gasteiger partial charge < -0.3 is 10.6 Å². The van der Waals surface area contributed by atoms with Crippen molar-refractivity contribution in [3.05, 3.63) is 35.1 Å². The first-order valence-electron chi connectivity index (χ1n) is 6.21. The second-order valence-electron chi connectivity index (χ2n) is 4.52. The predicted octanol–water partition coefficient (Wildman–Crippen LogP) is 2.81. The summed E-state index contributed by atoms with van der Waals surface area (Å²) in [6.45, 7) is 3.98. The van der Waals surface area contributed by atoms with Crippen molar-refractivity contribution in [1.29, 1.82) is 0 Å². The first-order valence-corrected chi connectivity index (χ1v) is 6.59. The molecule has 0 fully saturated rings. The number of carbonyl (C=O) groups excluding carboxylic acids is 1. The lowest BCUT2D eigenvalue weighted by molar-refractivity contribution is 0.102. The highest BCUT2D eigenvalue weighted by molar-refractivity contribution is 6.30. The van der Waals surface area contributed by atoms with Crippen LogP contribution in [-0.2, 0) is 0 Å². The number of halogens is 1. The third-order valence-electron chi connectivity index (χ3n) is 2.71. The zero-order chi connectivity index (χ0) is 14.7. The van der Waals surface area contributed by atoms with Crippen LogP contribution in [0.15, 0.2) is 24.4 Å². The number of aromatic nitrogens is 3. The number of hydrogen-bond donors (Lipinski definition) is 2. The van der Waals surface area contributed by atoms with E-state index in [0.29, 0.717) is 17.2 Å². The fourth-order valence-corrected chi connectivity index (χ4v) is 1.98. The zero-order valence-corrected chi connectivity index (χ0v) is 12.3. The van der Waals surface area contributed by atoms with E-state index in [4.69, 9.17) is 11.6 Å². The molecule has 0 aromatic carbocycles. The molecule has 1 amide bonds. The Kier molecular flexibility index (Phi) is 4.24. The van der Waals surface area contributed by atoms with Crippen molar-refractivity contribution in [3.63, 3.8) is 0 Å². The first-order chi connectivity index (χ1) is 9.51. The molecule has 2 aromatic rings. The molecule has 0 saturated heterocycles. The number of nitrogens with one attached hydrogen (secondary N) is 2. The van der Waals surface area contributed by atoms with Crippen molar-refractivity contribution in [2.75, 3.05) is 17.7 Å². The number of nitrogens with zero attached hydrogens (tertiary/aromatic N) is 3. The lowest BCUT2D eigenvalue weighted by atomic mass is 10.2. The van der Waals surface area contributed by atoms with Gasteiger partial charge in [-0.2, -0.15) is 5.10 Å². The molecular formula is C13H16ClN5O. The van der Waals surface area contributed by atoms with Crippen LogP contribution in [0.5, 0.6) is 0 Å². The molecule has 106 valence electrons. The molecule has 6 nitrogen and oxygen atoms in total.